The minimum atomic E-state index is -3.73. The Kier molecular flexibility index (Phi) is 6.91. The quantitative estimate of drug-likeness (QED) is 0.628. The zero-order valence-corrected chi connectivity index (χ0v) is 17.3. The third kappa shape index (κ3) is 5.49. The highest BCUT2D eigenvalue weighted by molar-refractivity contribution is 7.89. The Hall–Kier alpha value is -3.11. The molecule has 2 N–H and O–H groups in total. The van der Waals surface area contributed by atoms with E-state index in [0.29, 0.717) is 36.9 Å². The summed E-state index contributed by atoms with van der Waals surface area (Å²) in [5.41, 5.74) is 1.12. The number of carbonyl (C=O) groups excluding carboxylic acids is 2. The third-order valence-corrected chi connectivity index (χ3v) is 5.77. The highest BCUT2D eigenvalue weighted by Gasteiger charge is 2.23. The Bertz CT molecular complexity index is 1010. The van der Waals surface area contributed by atoms with Gasteiger partial charge in [0.25, 0.3) is 0 Å². The molecule has 0 aliphatic carbocycles. The minimum absolute atomic E-state index is 0.0494. The molecule has 1 heterocycles. The van der Waals surface area contributed by atoms with Crippen LogP contribution in [0.15, 0.2) is 53.4 Å². The average molecular weight is 433 g/mol. The molecular formula is C20H23N3O6S. The summed E-state index contributed by atoms with van der Waals surface area (Å²) in [5, 5.41) is 2.70. The van der Waals surface area contributed by atoms with Crippen molar-refractivity contribution < 1.29 is 27.5 Å². The third-order valence-electron chi connectivity index (χ3n) is 4.29. The van der Waals surface area contributed by atoms with Gasteiger partial charge in [-0.3, -0.25) is 9.69 Å². The minimum Gasteiger partial charge on any atom is -0.494 e. The van der Waals surface area contributed by atoms with E-state index in [1.807, 2.05) is 6.92 Å². The van der Waals surface area contributed by atoms with Crippen molar-refractivity contribution in [3.05, 3.63) is 48.5 Å². The lowest BCUT2D eigenvalue weighted by Gasteiger charge is -2.14. The number of benzene rings is 2. The Morgan fingerprint density at radius 1 is 1.20 bits per heavy atom. The van der Waals surface area contributed by atoms with E-state index in [0.717, 1.165) is 0 Å². The van der Waals surface area contributed by atoms with Crippen LogP contribution in [0.4, 0.5) is 16.2 Å². The lowest BCUT2D eigenvalue weighted by molar-refractivity contribution is -0.116. The lowest BCUT2D eigenvalue weighted by atomic mass is 10.2. The van der Waals surface area contributed by atoms with E-state index in [1.54, 1.807) is 36.4 Å². The highest BCUT2D eigenvalue weighted by atomic mass is 32.2. The molecule has 2 aromatic carbocycles. The number of nitrogens with zero attached hydrogens (tertiary/aromatic N) is 1. The number of anilines is 2. The van der Waals surface area contributed by atoms with Crippen LogP contribution >= 0.6 is 0 Å². The molecule has 0 radical (unpaired) electrons. The number of ether oxygens (including phenoxy) is 2. The van der Waals surface area contributed by atoms with Crippen molar-refractivity contribution in [3.8, 4) is 5.75 Å². The molecule has 0 saturated carbocycles. The molecule has 1 saturated heterocycles. The van der Waals surface area contributed by atoms with Gasteiger partial charge in [-0.15, -0.1) is 0 Å². The molecule has 0 aromatic heterocycles. The highest BCUT2D eigenvalue weighted by Crippen LogP contribution is 2.22. The van der Waals surface area contributed by atoms with Crippen LogP contribution in [0.1, 0.15) is 13.3 Å². The van der Waals surface area contributed by atoms with Crippen molar-refractivity contribution in [2.75, 3.05) is 36.5 Å². The number of carbonyl (C=O) groups is 2. The van der Waals surface area contributed by atoms with E-state index in [-0.39, 0.29) is 23.8 Å². The average Bonchev–Trinajstić information content (AvgIpc) is 3.15. The van der Waals surface area contributed by atoms with Crippen LogP contribution in [-0.4, -0.2) is 46.7 Å². The summed E-state index contributed by atoms with van der Waals surface area (Å²) in [5.74, 6) is 0.228. The maximum Gasteiger partial charge on any atom is 0.414 e. The number of nitrogens with one attached hydrogen (secondary N) is 2. The summed E-state index contributed by atoms with van der Waals surface area (Å²) < 4.78 is 37.3. The van der Waals surface area contributed by atoms with E-state index >= 15 is 0 Å². The van der Waals surface area contributed by atoms with Crippen LogP contribution in [0.5, 0.6) is 5.75 Å². The Labute approximate surface area is 175 Å². The second-order valence-corrected chi connectivity index (χ2v) is 8.18. The van der Waals surface area contributed by atoms with E-state index in [2.05, 4.69) is 10.0 Å². The van der Waals surface area contributed by atoms with Crippen LogP contribution in [0.2, 0.25) is 0 Å². The van der Waals surface area contributed by atoms with Crippen molar-refractivity contribution >= 4 is 33.4 Å². The number of hydrogen-bond acceptors (Lipinski definition) is 6. The van der Waals surface area contributed by atoms with Gasteiger partial charge in [-0.25, -0.2) is 17.9 Å². The molecule has 30 heavy (non-hydrogen) atoms. The Morgan fingerprint density at radius 2 is 1.97 bits per heavy atom. The maximum absolute atomic E-state index is 12.3. The van der Waals surface area contributed by atoms with E-state index in [9.17, 15) is 18.0 Å². The number of hydrogen-bond donors (Lipinski definition) is 2. The lowest BCUT2D eigenvalue weighted by Crippen LogP contribution is -2.28. The molecule has 10 heteroatoms. The SMILES string of the molecule is CCOc1ccc(S(=O)(=O)NCCC(=O)Nc2cccc(N3CCOC3=O)c2)cc1. The Balaban J connectivity index is 1.51. The van der Waals surface area contributed by atoms with Gasteiger partial charge in [-0.05, 0) is 49.4 Å². The normalized spacial score (nSPS) is 13.8. The van der Waals surface area contributed by atoms with Crippen molar-refractivity contribution in [1.29, 1.82) is 0 Å². The van der Waals surface area contributed by atoms with Gasteiger partial charge < -0.3 is 14.8 Å². The summed E-state index contributed by atoms with van der Waals surface area (Å²) in [4.78, 5) is 25.4. The van der Waals surface area contributed by atoms with Gasteiger partial charge in [0.05, 0.1) is 18.0 Å². The predicted molar refractivity (Wildman–Crippen MR) is 111 cm³/mol. The molecule has 1 fully saturated rings. The van der Waals surface area contributed by atoms with Gasteiger partial charge in [0.2, 0.25) is 15.9 Å². The van der Waals surface area contributed by atoms with E-state index in [1.165, 1.54) is 17.0 Å². The van der Waals surface area contributed by atoms with Crippen LogP contribution < -0.4 is 19.7 Å². The molecule has 0 atom stereocenters. The van der Waals surface area contributed by atoms with Crippen molar-refractivity contribution in [2.24, 2.45) is 0 Å². The summed E-state index contributed by atoms with van der Waals surface area (Å²) in [7, 11) is -3.73. The van der Waals surface area contributed by atoms with Crippen LogP contribution in [-0.2, 0) is 19.6 Å². The first-order valence-corrected chi connectivity index (χ1v) is 10.9. The molecule has 3 rings (SSSR count). The van der Waals surface area contributed by atoms with Crippen molar-refractivity contribution in [2.45, 2.75) is 18.2 Å². The smallest absolute Gasteiger partial charge is 0.414 e. The maximum atomic E-state index is 12.3. The fourth-order valence-corrected chi connectivity index (χ4v) is 3.90. The second kappa shape index (κ2) is 9.59. The number of amides is 2. The first-order chi connectivity index (χ1) is 14.4. The fourth-order valence-electron chi connectivity index (χ4n) is 2.87. The van der Waals surface area contributed by atoms with Gasteiger partial charge in [0, 0.05) is 24.3 Å². The molecule has 0 spiro atoms. The van der Waals surface area contributed by atoms with Crippen LogP contribution in [0.25, 0.3) is 0 Å². The fraction of sp³-hybridized carbons (Fsp3) is 0.300. The summed E-state index contributed by atoms with van der Waals surface area (Å²) >= 11 is 0. The van der Waals surface area contributed by atoms with Gasteiger partial charge in [0.1, 0.15) is 12.4 Å². The van der Waals surface area contributed by atoms with Gasteiger partial charge in [-0.1, -0.05) is 6.07 Å². The van der Waals surface area contributed by atoms with E-state index < -0.39 is 16.1 Å². The van der Waals surface area contributed by atoms with Gasteiger partial charge in [0.15, 0.2) is 0 Å². The number of cyclic esters (lactones) is 1. The molecular weight excluding hydrogens is 410 g/mol. The Morgan fingerprint density at radius 3 is 2.63 bits per heavy atom. The van der Waals surface area contributed by atoms with Gasteiger partial charge >= 0.3 is 6.09 Å². The molecule has 9 nitrogen and oxygen atoms in total. The summed E-state index contributed by atoms with van der Waals surface area (Å²) in [6, 6.07) is 12.9. The molecule has 1 aliphatic rings. The molecule has 2 amide bonds. The molecule has 0 bridgehead atoms. The largest absolute Gasteiger partial charge is 0.494 e. The summed E-state index contributed by atoms with van der Waals surface area (Å²) in [6.07, 6.45) is -0.478. The van der Waals surface area contributed by atoms with Gasteiger partial charge in [-0.2, -0.15) is 0 Å². The van der Waals surface area contributed by atoms with Crippen LogP contribution in [0, 0.1) is 0 Å². The zero-order valence-electron chi connectivity index (χ0n) is 16.5. The summed E-state index contributed by atoms with van der Waals surface area (Å²) in [6.45, 7) is 3.05. The predicted octanol–water partition coefficient (Wildman–Crippen LogP) is 2.35. The molecule has 0 unspecified atom stereocenters. The van der Waals surface area contributed by atoms with E-state index in [4.69, 9.17) is 9.47 Å². The van der Waals surface area contributed by atoms with Crippen LogP contribution in [0.3, 0.4) is 0 Å². The first-order valence-electron chi connectivity index (χ1n) is 9.46. The first kappa shape index (κ1) is 21.6. The standard InChI is InChI=1S/C20H23N3O6S/c1-2-28-17-6-8-18(9-7-17)30(26,27)21-11-10-19(24)22-15-4-3-5-16(14-15)23-12-13-29-20(23)25/h3-9,14,21H,2,10-13H2,1H3,(H,22,24). The zero-order chi connectivity index (χ0) is 21.6. The second-order valence-electron chi connectivity index (χ2n) is 6.42. The van der Waals surface area contributed by atoms with Crippen molar-refractivity contribution in [3.63, 3.8) is 0 Å². The van der Waals surface area contributed by atoms with Crippen molar-refractivity contribution in [1.82, 2.24) is 4.72 Å². The topological polar surface area (TPSA) is 114 Å². The number of rotatable bonds is 9. The number of sulfonamides is 1. The monoisotopic (exact) mass is 433 g/mol. The molecule has 2 aromatic rings. The molecule has 160 valence electrons. The molecule has 1 aliphatic heterocycles.